The van der Waals surface area contributed by atoms with Gasteiger partial charge in [-0.1, -0.05) is 12.5 Å². The van der Waals surface area contributed by atoms with Crippen molar-refractivity contribution in [2.24, 2.45) is 0 Å². The van der Waals surface area contributed by atoms with E-state index < -0.39 is 15.1 Å². The van der Waals surface area contributed by atoms with Gasteiger partial charge in [0.05, 0.1) is 10.1 Å². The normalized spacial score (nSPS) is 20.0. The van der Waals surface area contributed by atoms with Gasteiger partial charge >= 0.3 is 6.03 Å². The van der Waals surface area contributed by atoms with Gasteiger partial charge in [0.1, 0.15) is 0 Å². The van der Waals surface area contributed by atoms with Crippen LogP contribution in [0.2, 0.25) is 0 Å². The topological polar surface area (TPSA) is 88.2 Å². The number of benzene rings is 1. The number of pyridine rings is 1. The zero-order chi connectivity index (χ0) is 19.3. The van der Waals surface area contributed by atoms with Crippen LogP contribution in [0.25, 0.3) is 0 Å². The smallest absolute Gasteiger partial charge is 0.319 e. The minimum atomic E-state index is -3.41. The second-order valence-electron chi connectivity index (χ2n) is 6.62. The minimum absolute atomic E-state index is 0.0806. The summed E-state index contributed by atoms with van der Waals surface area (Å²) in [5.41, 5.74) is 1.41. The summed E-state index contributed by atoms with van der Waals surface area (Å²) in [6.07, 6.45) is 6.17. The first-order valence-electron chi connectivity index (χ1n) is 8.87. The van der Waals surface area contributed by atoms with Gasteiger partial charge in [0.25, 0.3) is 0 Å². The summed E-state index contributed by atoms with van der Waals surface area (Å²) in [4.78, 5) is 16.2. The SMILES string of the molecule is O=C(NCc1cccnc1)Nc1ccc(S(=O)(=O)C2CCCC(Cl)C2)cc1. The molecular formula is C19H22ClN3O3S. The molecule has 2 aromatic rings. The Morgan fingerprint density at radius 1 is 1.19 bits per heavy atom. The Morgan fingerprint density at radius 2 is 1.96 bits per heavy atom. The highest BCUT2D eigenvalue weighted by Crippen LogP contribution is 2.31. The molecule has 2 unspecified atom stereocenters. The van der Waals surface area contributed by atoms with E-state index in [1.807, 2.05) is 6.07 Å². The Hall–Kier alpha value is -2.12. The number of urea groups is 1. The number of anilines is 1. The predicted octanol–water partition coefficient (Wildman–Crippen LogP) is 3.73. The Labute approximate surface area is 164 Å². The van der Waals surface area contributed by atoms with Crippen LogP contribution in [0.1, 0.15) is 31.2 Å². The van der Waals surface area contributed by atoms with E-state index in [1.165, 1.54) is 12.1 Å². The first-order chi connectivity index (χ1) is 12.9. The van der Waals surface area contributed by atoms with E-state index in [9.17, 15) is 13.2 Å². The second-order valence-corrected chi connectivity index (χ2v) is 9.47. The molecule has 1 aliphatic rings. The van der Waals surface area contributed by atoms with Crippen molar-refractivity contribution in [2.75, 3.05) is 5.32 Å². The van der Waals surface area contributed by atoms with Crippen molar-refractivity contribution in [3.05, 3.63) is 54.4 Å². The fourth-order valence-electron chi connectivity index (χ4n) is 3.15. The molecule has 1 fully saturated rings. The lowest BCUT2D eigenvalue weighted by Gasteiger charge is -2.25. The lowest BCUT2D eigenvalue weighted by molar-refractivity contribution is 0.251. The number of nitrogens with zero attached hydrogens (tertiary/aromatic N) is 1. The van der Waals surface area contributed by atoms with Crippen LogP contribution in [0.15, 0.2) is 53.7 Å². The van der Waals surface area contributed by atoms with Crippen molar-refractivity contribution in [3.8, 4) is 0 Å². The summed E-state index contributed by atoms with van der Waals surface area (Å²) in [6.45, 7) is 0.355. The van der Waals surface area contributed by atoms with Gasteiger partial charge in [-0.3, -0.25) is 4.98 Å². The number of nitrogens with one attached hydrogen (secondary N) is 2. The van der Waals surface area contributed by atoms with E-state index in [4.69, 9.17) is 11.6 Å². The van der Waals surface area contributed by atoms with Gasteiger partial charge in [-0.05, 0) is 55.2 Å². The molecule has 0 aliphatic heterocycles. The van der Waals surface area contributed by atoms with Crippen molar-refractivity contribution in [1.29, 1.82) is 0 Å². The minimum Gasteiger partial charge on any atom is -0.334 e. The van der Waals surface area contributed by atoms with Crippen molar-refractivity contribution >= 4 is 33.2 Å². The Morgan fingerprint density at radius 3 is 2.63 bits per heavy atom. The largest absolute Gasteiger partial charge is 0.334 e. The summed E-state index contributed by atoms with van der Waals surface area (Å²) in [5, 5.41) is 4.90. The molecule has 0 bridgehead atoms. The molecule has 3 rings (SSSR count). The number of rotatable bonds is 5. The van der Waals surface area contributed by atoms with Gasteiger partial charge in [-0.2, -0.15) is 0 Å². The fraction of sp³-hybridized carbons (Fsp3) is 0.368. The van der Waals surface area contributed by atoms with E-state index in [2.05, 4.69) is 15.6 Å². The lowest BCUT2D eigenvalue weighted by atomic mass is 10.00. The molecule has 2 N–H and O–H groups in total. The molecule has 8 heteroatoms. The highest BCUT2D eigenvalue weighted by Gasteiger charge is 2.32. The number of aromatic nitrogens is 1. The zero-order valence-corrected chi connectivity index (χ0v) is 16.3. The average Bonchev–Trinajstić information content (AvgIpc) is 2.68. The third-order valence-corrected chi connectivity index (χ3v) is 7.25. The summed E-state index contributed by atoms with van der Waals surface area (Å²) >= 11 is 6.14. The van der Waals surface area contributed by atoms with Gasteiger partial charge in [-0.15, -0.1) is 11.6 Å². The van der Waals surface area contributed by atoms with Crippen LogP contribution in [-0.2, 0) is 16.4 Å². The van der Waals surface area contributed by atoms with Gasteiger partial charge in [0.2, 0.25) is 0 Å². The number of carbonyl (C=O) groups is 1. The van der Waals surface area contributed by atoms with Crippen LogP contribution in [-0.4, -0.2) is 30.1 Å². The molecule has 2 amide bonds. The van der Waals surface area contributed by atoms with Crippen LogP contribution in [0.3, 0.4) is 0 Å². The van der Waals surface area contributed by atoms with Gasteiger partial charge in [-0.25, -0.2) is 13.2 Å². The summed E-state index contributed by atoms with van der Waals surface area (Å²) in [6, 6.07) is 9.55. The Bertz CT molecular complexity index is 873. The Kier molecular flexibility index (Phi) is 6.34. The standard InChI is InChI=1S/C19H22ClN3O3S/c20-15-4-1-5-18(11-15)27(25,26)17-8-6-16(7-9-17)23-19(24)22-13-14-3-2-10-21-12-14/h2-3,6-10,12,15,18H,1,4-5,11,13H2,(H2,22,23,24). The van der Waals surface area contributed by atoms with Crippen LogP contribution >= 0.6 is 11.6 Å². The monoisotopic (exact) mass is 407 g/mol. The number of sulfone groups is 1. The van der Waals surface area contributed by atoms with Crippen LogP contribution < -0.4 is 10.6 Å². The number of halogens is 1. The maximum absolute atomic E-state index is 12.8. The molecule has 144 valence electrons. The maximum atomic E-state index is 12.8. The first kappa shape index (κ1) is 19.6. The summed E-state index contributed by atoms with van der Waals surface area (Å²) < 4.78 is 25.5. The highest BCUT2D eigenvalue weighted by atomic mass is 35.5. The second kappa shape index (κ2) is 8.71. The number of amides is 2. The van der Waals surface area contributed by atoms with Crippen LogP contribution in [0, 0.1) is 0 Å². The zero-order valence-electron chi connectivity index (χ0n) is 14.8. The van der Waals surface area contributed by atoms with Crippen molar-refractivity contribution in [1.82, 2.24) is 10.3 Å². The van der Waals surface area contributed by atoms with Crippen molar-refractivity contribution < 1.29 is 13.2 Å². The molecular weight excluding hydrogens is 386 g/mol. The molecule has 1 heterocycles. The van der Waals surface area contributed by atoms with Gasteiger partial charge < -0.3 is 10.6 Å². The number of carbonyl (C=O) groups excluding carboxylic acids is 1. The summed E-state index contributed by atoms with van der Waals surface area (Å²) in [5.74, 6) is 0. The molecule has 27 heavy (non-hydrogen) atoms. The van der Waals surface area contributed by atoms with Crippen molar-refractivity contribution in [2.45, 2.75) is 47.8 Å². The molecule has 1 aromatic heterocycles. The quantitative estimate of drug-likeness (QED) is 0.739. The predicted molar refractivity (Wildman–Crippen MR) is 106 cm³/mol. The number of hydrogen-bond acceptors (Lipinski definition) is 4. The lowest BCUT2D eigenvalue weighted by Crippen LogP contribution is -2.29. The molecule has 0 spiro atoms. The first-order valence-corrected chi connectivity index (χ1v) is 10.9. The number of alkyl halides is 1. The average molecular weight is 408 g/mol. The molecule has 0 radical (unpaired) electrons. The highest BCUT2D eigenvalue weighted by molar-refractivity contribution is 7.92. The van der Waals surface area contributed by atoms with Gasteiger partial charge in [0, 0.05) is 30.0 Å². The third kappa shape index (κ3) is 5.20. The van der Waals surface area contributed by atoms with Crippen LogP contribution in [0.5, 0.6) is 0 Å². The molecule has 6 nitrogen and oxygen atoms in total. The van der Waals surface area contributed by atoms with Crippen LogP contribution in [0.4, 0.5) is 10.5 Å². The van der Waals surface area contributed by atoms with E-state index in [0.717, 1.165) is 18.4 Å². The molecule has 1 saturated carbocycles. The molecule has 1 aliphatic carbocycles. The molecule has 1 aromatic carbocycles. The summed E-state index contributed by atoms with van der Waals surface area (Å²) in [7, 11) is -3.41. The third-order valence-electron chi connectivity index (χ3n) is 4.62. The molecule has 2 atom stereocenters. The Balaban J connectivity index is 1.59. The van der Waals surface area contributed by atoms with E-state index >= 15 is 0 Å². The van der Waals surface area contributed by atoms with Gasteiger partial charge in [0.15, 0.2) is 9.84 Å². The van der Waals surface area contributed by atoms with E-state index in [1.54, 1.807) is 30.6 Å². The van der Waals surface area contributed by atoms with E-state index in [-0.39, 0.29) is 16.3 Å². The fourth-order valence-corrected chi connectivity index (χ4v) is 5.49. The number of hydrogen-bond donors (Lipinski definition) is 2. The maximum Gasteiger partial charge on any atom is 0.319 e. The van der Waals surface area contributed by atoms with Crippen molar-refractivity contribution in [3.63, 3.8) is 0 Å². The van der Waals surface area contributed by atoms with E-state index in [0.29, 0.717) is 25.1 Å². The molecule has 0 saturated heterocycles.